The van der Waals surface area contributed by atoms with Gasteiger partial charge in [-0.2, -0.15) is 0 Å². The molecule has 1 aromatic carbocycles. The molecule has 1 aliphatic rings. The third-order valence-corrected chi connectivity index (χ3v) is 4.09. The topological polar surface area (TPSA) is 67.1 Å². The summed E-state index contributed by atoms with van der Waals surface area (Å²) in [5.41, 5.74) is 1.32. The van der Waals surface area contributed by atoms with Crippen LogP contribution in [0.5, 0.6) is 0 Å². The average molecular weight is 326 g/mol. The number of hydrogen-bond acceptors (Lipinski definition) is 3. The van der Waals surface area contributed by atoms with E-state index in [1.807, 2.05) is 6.07 Å². The molecule has 2 N–H and O–H groups in total. The second-order valence-electron chi connectivity index (χ2n) is 6.11. The lowest BCUT2D eigenvalue weighted by atomic mass is 10.2. The second kappa shape index (κ2) is 8.47. The van der Waals surface area contributed by atoms with Gasteiger partial charge in [-0.15, -0.1) is 10.2 Å². The minimum atomic E-state index is 0.592. The molecule has 128 valence electrons. The molecule has 24 heavy (non-hydrogen) atoms. The van der Waals surface area contributed by atoms with Gasteiger partial charge in [-0.3, -0.25) is 4.99 Å². The first kappa shape index (κ1) is 16.5. The maximum absolute atomic E-state index is 4.71. The SMILES string of the molecule is CCc1nncn1CCNC(=NCCc1ccccc1)NC1CC1. The summed E-state index contributed by atoms with van der Waals surface area (Å²) < 4.78 is 2.09. The molecule has 1 saturated carbocycles. The molecule has 0 unspecified atom stereocenters. The smallest absolute Gasteiger partial charge is 0.191 e. The summed E-state index contributed by atoms with van der Waals surface area (Å²) >= 11 is 0. The van der Waals surface area contributed by atoms with Crippen molar-refractivity contribution in [1.29, 1.82) is 0 Å². The van der Waals surface area contributed by atoms with Crippen molar-refractivity contribution in [2.75, 3.05) is 13.1 Å². The molecule has 1 heterocycles. The van der Waals surface area contributed by atoms with E-state index in [1.54, 1.807) is 6.33 Å². The first-order chi connectivity index (χ1) is 11.8. The fourth-order valence-electron chi connectivity index (χ4n) is 2.55. The molecule has 0 aliphatic heterocycles. The Morgan fingerprint density at radius 2 is 2.12 bits per heavy atom. The Hall–Kier alpha value is -2.37. The van der Waals surface area contributed by atoms with Crippen molar-refractivity contribution < 1.29 is 0 Å². The average Bonchev–Trinajstić information content (AvgIpc) is 3.31. The Bertz CT molecular complexity index is 645. The van der Waals surface area contributed by atoms with Crippen LogP contribution in [-0.2, 0) is 19.4 Å². The van der Waals surface area contributed by atoms with Gasteiger partial charge >= 0.3 is 0 Å². The van der Waals surface area contributed by atoms with Crippen molar-refractivity contribution in [1.82, 2.24) is 25.4 Å². The first-order valence-corrected chi connectivity index (χ1v) is 8.80. The van der Waals surface area contributed by atoms with Gasteiger partial charge in [0.1, 0.15) is 12.2 Å². The van der Waals surface area contributed by atoms with Crippen LogP contribution in [0.4, 0.5) is 0 Å². The zero-order chi connectivity index (χ0) is 16.6. The van der Waals surface area contributed by atoms with E-state index in [9.17, 15) is 0 Å². The van der Waals surface area contributed by atoms with E-state index in [4.69, 9.17) is 4.99 Å². The monoisotopic (exact) mass is 326 g/mol. The van der Waals surface area contributed by atoms with Gasteiger partial charge in [-0.05, 0) is 24.8 Å². The molecule has 1 aromatic heterocycles. The number of aliphatic imine (C=N–C) groups is 1. The van der Waals surface area contributed by atoms with Crippen molar-refractivity contribution in [3.63, 3.8) is 0 Å². The number of nitrogens with zero attached hydrogens (tertiary/aromatic N) is 4. The molecule has 1 aliphatic carbocycles. The lowest BCUT2D eigenvalue weighted by molar-refractivity contribution is 0.631. The van der Waals surface area contributed by atoms with Crippen molar-refractivity contribution in [3.05, 3.63) is 48.0 Å². The highest BCUT2D eigenvalue weighted by Crippen LogP contribution is 2.18. The van der Waals surface area contributed by atoms with Crippen LogP contribution in [0.2, 0.25) is 0 Å². The molecule has 6 heteroatoms. The van der Waals surface area contributed by atoms with Gasteiger partial charge < -0.3 is 15.2 Å². The van der Waals surface area contributed by atoms with Crippen LogP contribution in [0.3, 0.4) is 0 Å². The Balaban J connectivity index is 1.48. The van der Waals surface area contributed by atoms with Crippen LogP contribution in [0.25, 0.3) is 0 Å². The molecule has 0 atom stereocenters. The van der Waals surface area contributed by atoms with E-state index >= 15 is 0 Å². The third-order valence-electron chi connectivity index (χ3n) is 4.09. The zero-order valence-electron chi connectivity index (χ0n) is 14.3. The van der Waals surface area contributed by atoms with Gasteiger partial charge in [-0.1, -0.05) is 37.3 Å². The quantitative estimate of drug-likeness (QED) is 0.573. The van der Waals surface area contributed by atoms with Crippen LogP contribution in [0.1, 0.15) is 31.2 Å². The summed E-state index contributed by atoms with van der Waals surface area (Å²) in [7, 11) is 0. The fraction of sp³-hybridized carbons (Fsp3) is 0.500. The molecule has 0 radical (unpaired) electrons. The van der Waals surface area contributed by atoms with Crippen LogP contribution in [-0.4, -0.2) is 39.9 Å². The molecule has 0 bridgehead atoms. The molecular weight excluding hydrogens is 300 g/mol. The fourth-order valence-corrected chi connectivity index (χ4v) is 2.55. The summed E-state index contributed by atoms with van der Waals surface area (Å²) in [6.45, 7) is 4.55. The number of aromatic nitrogens is 3. The summed E-state index contributed by atoms with van der Waals surface area (Å²) in [6, 6.07) is 11.1. The standard InChI is InChI=1S/C18H26N6/c1-2-17-23-21-14-24(17)13-12-20-18(22-16-8-9-16)19-11-10-15-6-4-3-5-7-15/h3-7,14,16H,2,8-13H2,1H3,(H2,19,20,22). The van der Waals surface area contributed by atoms with Gasteiger partial charge in [0.2, 0.25) is 0 Å². The highest BCUT2D eigenvalue weighted by atomic mass is 15.3. The molecular formula is C18H26N6. The first-order valence-electron chi connectivity index (χ1n) is 8.80. The molecule has 0 amide bonds. The summed E-state index contributed by atoms with van der Waals surface area (Å²) in [4.78, 5) is 4.71. The van der Waals surface area contributed by atoms with Crippen LogP contribution in [0.15, 0.2) is 41.7 Å². The predicted octanol–water partition coefficient (Wildman–Crippen LogP) is 1.78. The van der Waals surface area contributed by atoms with Crippen LogP contribution < -0.4 is 10.6 Å². The number of hydrogen-bond donors (Lipinski definition) is 2. The Labute approximate surface area is 143 Å². The lowest BCUT2D eigenvalue weighted by Crippen LogP contribution is -2.40. The summed E-state index contributed by atoms with van der Waals surface area (Å²) in [5, 5.41) is 15.0. The molecule has 2 aromatic rings. The van der Waals surface area contributed by atoms with Crippen LogP contribution in [0, 0.1) is 0 Å². The summed E-state index contributed by atoms with van der Waals surface area (Å²) in [6.07, 6.45) is 6.14. The van der Waals surface area contributed by atoms with E-state index < -0.39 is 0 Å². The number of aryl methyl sites for hydroxylation is 1. The predicted molar refractivity (Wildman–Crippen MR) is 96.0 cm³/mol. The largest absolute Gasteiger partial charge is 0.355 e. The van der Waals surface area contributed by atoms with Gasteiger partial charge in [-0.25, -0.2) is 0 Å². The maximum Gasteiger partial charge on any atom is 0.191 e. The van der Waals surface area contributed by atoms with Gasteiger partial charge in [0.15, 0.2) is 5.96 Å². The molecule has 0 saturated heterocycles. The minimum Gasteiger partial charge on any atom is -0.355 e. The van der Waals surface area contributed by atoms with E-state index in [1.165, 1.54) is 18.4 Å². The van der Waals surface area contributed by atoms with Crippen molar-refractivity contribution >= 4 is 5.96 Å². The molecule has 1 fully saturated rings. The van der Waals surface area contributed by atoms with E-state index in [0.717, 1.165) is 44.3 Å². The number of benzene rings is 1. The Kier molecular flexibility index (Phi) is 5.82. The number of rotatable bonds is 8. The number of guanidine groups is 1. The zero-order valence-corrected chi connectivity index (χ0v) is 14.3. The number of nitrogens with one attached hydrogen (secondary N) is 2. The van der Waals surface area contributed by atoms with E-state index in [-0.39, 0.29) is 0 Å². The van der Waals surface area contributed by atoms with Gasteiger partial charge in [0.25, 0.3) is 0 Å². The lowest BCUT2D eigenvalue weighted by Gasteiger charge is -2.13. The Morgan fingerprint density at radius 1 is 1.29 bits per heavy atom. The van der Waals surface area contributed by atoms with E-state index in [0.29, 0.717) is 6.04 Å². The highest BCUT2D eigenvalue weighted by Gasteiger charge is 2.22. The Morgan fingerprint density at radius 3 is 2.88 bits per heavy atom. The molecule has 3 rings (SSSR count). The third kappa shape index (κ3) is 5.08. The molecule has 0 spiro atoms. The van der Waals surface area contributed by atoms with Gasteiger partial charge in [0, 0.05) is 32.1 Å². The van der Waals surface area contributed by atoms with Crippen molar-refractivity contribution in [2.24, 2.45) is 4.99 Å². The minimum absolute atomic E-state index is 0.592. The normalized spacial score (nSPS) is 14.6. The van der Waals surface area contributed by atoms with Crippen molar-refractivity contribution in [3.8, 4) is 0 Å². The van der Waals surface area contributed by atoms with Crippen LogP contribution >= 0.6 is 0 Å². The maximum atomic E-state index is 4.71. The van der Waals surface area contributed by atoms with Gasteiger partial charge in [0.05, 0.1) is 0 Å². The second-order valence-corrected chi connectivity index (χ2v) is 6.11. The van der Waals surface area contributed by atoms with E-state index in [2.05, 4.69) is 56.6 Å². The highest BCUT2D eigenvalue weighted by molar-refractivity contribution is 5.80. The molecule has 6 nitrogen and oxygen atoms in total. The van der Waals surface area contributed by atoms with Crippen molar-refractivity contribution in [2.45, 2.75) is 45.2 Å². The summed E-state index contributed by atoms with van der Waals surface area (Å²) in [5.74, 6) is 1.94.